The smallest absolute Gasteiger partial charge is 0.222 e. The van der Waals surface area contributed by atoms with Crippen molar-refractivity contribution in [2.75, 3.05) is 12.4 Å². The van der Waals surface area contributed by atoms with Crippen molar-refractivity contribution < 1.29 is 4.74 Å². The molecule has 1 heterocycles. The van der Waals surface area contributed by atoms with E-state index >= 15 is 0 Å². The Morgan fingerprint density at radius 1 is 1.26 bits per heavy atom. The quantitative estimate of drug-likeness (QED) is 0.913. The maximum atomic E-state index is 5.71. The van der Waals surface area contributed by atoms with Gasteiger partial charge < -0.3 is 10.1 Å². The van der Waals surface area contributed by atoms with Crippen LogP contribution in [0, 0.1) is 6.92 Å². The van der Waals surface area contributed by atoms with E-state index in [4.69, 9.17) is 4.74 Å². The van der Waals surface area contributed by atoms with Gasteiger partial charge in [0.05, 0.1) is 11.8 Å². The highest BCUT2D eigenvalue weighted by atomic mass is 16.5. The summed E-state index contributed by atoms with van der Waals surface area (Å²) in [6, 6.07) is 7.98. The highest BCUT2D eigenvalue weighted by molar-refractivity contribution is 5.65. The van der Waals surface area contributed by atoms with Crippen LogP contribution < -0.4 is 10.1 Å². The maximum Gasteiger partial charge on any atom is 0.222 e. The van der Waals surface area contributed by atoms with Crippen molar-refractivity contribution in [3.8, 4) is 17.0 Å². The lowest BCUT2D eigenvalue weighted by Gasteiger charge is -2.12. The lowest BCUT2D eigenvalue weighted by Crippen LogP contribution is -2.05. The molecule has 0 atom stereocenters. The number of hydrogen-bond acceptors (Lipinski definition) is 4. The molecule has 0 bridgehead atoms. The molecule has 4 heteroatoms. The number of nitrogens with one attached hydrogen (secondary N) is 1. The molecule has 1 N–H and O–H groups in total. The van der Waals surface area contributed by atoms with E-state index < -0.39 is 0 Å². The normalized spacial score (nSPS) is 10.6. The lowest BCUT2D eigenvalue weighted by atomic mass is 10.1. The van der Waals surface area contributed by atoms with Gasteiger partial charge in [-0.3, -0.25) is 0 Å². The number of aryl methyl sites for hydroxylation is 1. The Morgan fingerprint density at radius 2 is 2.05 bits per heavy atom. The van der Waals surface area contributed by atoms with Crippen LogP contribution in [0.15, 0.2) is 30.5 Å². The van der Waals surface area contributed by atoms with Crippen molar-refractivity contribution in [2.45, 2.75) is 26.9 Å². The number of nitrogens with zero attached hydrogens (tertiary/aromatic N) is 2. The zero-order chi connectivity index (χ0) is 13.8. The molecule has 0 fully saturated rings. The molecule has 0 spiro atoms. The van der Waals surface area contributed by atoms with Gasteiger partial charge in [-0.05, 0) is 38.5 Å². The van der Waals surface area contributed by atoms with E-state index in [9.17, 15) is 0 Å². The maximum absolute atomic E-state index is 5.71. The summed E-state index contributed by atoms with van der Waals surface area (Å²) < 4.78 is 5.71. The van der Waals surface area contributed by atoms with Crippen LogP contribution in [0.3, 0.4) is 0 Å². The number of hydrogen-bond donors (Lipinski definition) is 1. The van der Waals surface area contributed by atoms with Gasteiger partial charge in [0, 0.05) is 18.8 Å². The van der Waals surface area contributed by atoms with E-state index in [-0.39, 0.29) is 6.10 Å². The summed E-state index contributed by atoms with van der Waals surface area (Å²) in [5.41, 5.74) is 3.00. The van der Waals surface area contributed by atoms with Crippen LogP contribution in [0.25, 0.3) is 11.3 Å². The van der Waals surface area contributed by atoms with Crippen LogP contribution >= 0.6 is 0 Å². The molecule has 0 unspecified atom stereocenters. The van der Waals surface area contributed by atoms with Gasteiger partial charge in [0.25, 0.3) is 0 Å². The summed E-state index contributed by atoms with van der Waals surface area (Å²) in [5.74, 6) is 1.48. The second-order valence-electron chi connectivity index (χ2n) is 4.67. The van der Waals surface area contributed by atoms with Crippen molar-refractivity contribution in [3.63, 3.8) is 0 Å². The lowest BCUT2D eigenvalue weighted by molar-refractivity contribution is 0.242. The van der Waals surface area contributed by atoms with Crippen molar-refractivity contribution in [1.29, 1.82) is 0 Å². The Hall–Kier alpha value is -2.10. The highest BCUT2D eigenvalue weighted by Gasteiger charge is 2.07. The van der Waals surface area contributed by atoms with Crippen LogP contribution in [0.4, 0.5) is 5.95 Å². The van der Waals surface area contributed by atoms with Crippen LogP contribution in [0.5, 0.6) is 5.75 Å². The third-order valence-corrected chi connectivity index (χ3v) is 2.67. The summed E-state index contributed by atoms with van der Waals surface area (Å²) in [6.45, 7) is 6.04. The van der Waals surface area contributed by atoms with E-state index in [1.165, 1.54) is 0 Å². The van der Waals surface area contributed by atoms with Crippen LogP contribution in [0.2, 0.25) is 0 Å². The fourth-order valence-corrected chi connectivity index (χ4v) is 1.84. The molecule has 2 aromatic rings. The minimum atomic E-state index is 0.162. The third-order valence-electron chi connectivity index (χ3n) is 2.67. The molecule has 0 radical (unpaired) electrons. The number of benzene rings is 1. The minimum absolute atomic E-state index is 0.162. The van der Waals surface area contributed by atoms with Gasteiger partial charge in [0.2, 0.25) is 5.95 Å². The summed E-state index contributed by atoms with van der Waals surface area (Å²) in [7, 11) is 1.81. The molecule has 0 aliphatic carbocycles. The summed E-state index contributed by atoms with van der Waals surface area (Å²) in [6.07, 6.45) is 1.99. The van der Waals surface area contributed by atoms with Gasteiger partial charge in [0.15, 0.2) is 0 Å². The van der Waals surface area contributed by atoms with Gasteiger partial charge >= 0.3 is 0 Å². The molecular formula is C15H19N3O. The minimum Gasteiger partial charge on any atom is -0.491 e. The van der Waals surface area contributed by atoms with Gasteiger partial charge in [-0.1, -0.05) is 12.1 Å². The van der Waals surface area contributed by atoms with Gasteiger partial charge in [-0.15, -0.1) is 0 Å². The average Bonchev–Trinajstić information content (AvgIpc) is 2.39. The SMILES string of the molecule is CNc1ncc(C)c(-c2cccc(OC(C)C)c2)n1. The summed E-state index contributed by atoms with van der Waals surface area (Å²) >= 11 is 0. The molecule has 4 nitrogen and oxygen atoms in total. The van der Waals surface area contributed by atoms with Crippen LogP contribution in [0.1, 0.15) is 19.4 Å². The number of ether oxygens (including phenoxy) is 1. The van der Waals surface area contributed by atoms with E-state index in [1.807, 2.05) is 58.3 Å². The van der Waals surface area contributed by atoms with Crippen LogP contribution in [-0.4, -0.2) is 23.1 Å². The standard InChI is InChI=1S/C15H19N3O/c1-10(2)19-13-7-5-6-12(8-13)14-11(3)9-17-15(16-4)18-14/h5-10H,1-4H3,(H,16,17,18). The predicted octanol–water partition coefficient (Wildman–Crippen LogP) is 3.28. The molecule has 1 aromatic carbocycles. The van der Waals surface area contributed by atoms with Gasteiger partial charge in [-0.25, -0.2) is 9.97 Å². The van der Waals surface area contributed by atoms with Crippen LogP contribution in [-0.2, 0) is 0 Å². The zero-order valence-corrected chi connectivity index (χ0v) is 11.8. The Labute approximate surface area is 113 Å². The molecule has 1 aromatic heterocycles. The van der Waals surface area contributed by atoms with E-state index in [0.29, 0.717) is 5.95 Å². The summed E-state index contributed by atoms with van der Waals surface area (Å²) in [4.78, 5) is 8.70. The fraction of sp³-hybridized carbons (Fsp3) is 0.333. The topological polar surface area (TPSA) is 47.0 Å². The Kier molecular flexibility index (Phi) is 4.00. The monoisotopic (exact) mass is 257 g/mol. The van der Waals surface area contributed by atoms with Gasteiger partial charge in [-0.2, -0.15) is 0 Å². The first kappa shape index (κ1) is 13.3. The number of aromatic nitrogens is 2. The number of rotatable bonds is 4. The van der Waals surface area contributed by atoms with Crippen molar-refractivity contribution >= 4 is 5.95 Å². The van der Waals surface area contributed by atoms with E-state index in [0.717, 1.165) is 22.6 Å². The molecule has 2 rings (SSSR count). The predicted molar refractivity (Wildman–Crippen MR) is 77.5 cm³/mol. The molecule has 0 aliphatic heterocycles. The molecule has 19 heavy (non-hydrogen) atoms. The molecule has 0 aliphatic rings. The molecule has 0 saturated carbocycles. The summed E-state index contributed by atoms with van der Waals surface area (Å²) in [5, 5.41) is 2.96. The molecular weight excluding hydrogens is 238 g/mol. The van der Waals surface area contributed by atoms with Crippen molar-refractivity contribution in [3.05, 3.63) is 36.0 Å². The fourth-order valence-electron chi connectivity index (χ4n) is 1.84. The van der Waals surface area contributed by atoms with Gasteiger partial charge in [0.1, 0.15) is 5.75 Å². The Balaban J connectivity index is 2.41. The molecule has 100 valence electrons. The molecule has 0 saturated heterocycles. The first-order chi connectivity index (χ1) is 9.10. The van der Waals surface area contributed by atoms with Crippen molar-refractivity contribution in [1.82, 2.24) is 9.97 Å². The Bertz CT molecular complexity index is 567. The van der Waals surface area contributed by atoms with E-state index in [2.05, 4.69) is 15.3 Å². The molecule has 0 amide bonds. The first-order valence-electron chi connectivity index (χ1n) is 6.38. The number of anilines is 1. The largest absolute Gasteiger partial charge is 0.491 e. The average molecular weight is 257 g/mol. The third kappa shape index (κ3) is 3.22. The van der Waals surface area contributed by atoms with Crippen molar-refractivity contribution in [2.24, 2.45) is 0 Å². The zero-order valence-electron chi connectivity index (χ0n) is 11.8. The highest BCUT2D eigenvalue weighted by Crippen LogP contribution is 2.25. The second-order valence-corrected chi connectivity index (χ2v) is 4.67. The van der Waals surface area contributed by atoms with E-state index in [1.54, 1.807) is 0 Å². The Morgan fingerprint density at radius 3 is 2.74 bits per heavy atom. The second kappa shape index (κ2) is 5.69. The first-order valence-corrected chi connectivity index (χ1v) is 6.38.